The second kappa shape index (κ2) is 6.19. The van der Waals surface area contributed by atoms with E-state index in [0.717, 1.165) is 31.6 Å². The van der Waals surface area contributed by atoms with Crippen LogP contribution in [0.2, 0.25) is 0 Å². The Morgan fingerprint density at radius 2 is 1.82 bits per heavy atom. The Balaban J connectivity index is 1.46. The highest BCUT2D eigenvalue weighted by atomic mass is 32.1. The summed E-state index contributed by atoms with van der Waals surface area (Å²) < 4.78 is 5.33. The van der Waals surface area contributed by atoms with Crippen LogP contribution in [-0.4, -0.2) is 22.7 Å². The molecule has 0 radical (unpaired) electrons. The molecule has 0 atom stereocenters. The zero-order chi connectivity index (χ0) is 15.7. The molecule has 22 heavy (non-hydrogen) atoms. The van der Waals surface area contributed by atoms with Gasteiger partial charge in [0.15, 0.2) is 0 Å². The molecule has 1 aromatic heterocycles. The van der Waals surface area contributed by atoms with E-state index in [1.54, 1.807) is 0 Å². The molecule has 122 valence electrons. The Morgan fingerprint density at radius 1 is 1.18 bits per heavy atom. The largest absolute Gasteiger partial charge is 0.444 e. The highest BCUT2D eigenvalue weighted by Gasteiger charge is 2.30. The van der Waals surface area contributed by atoms with Crippen molar-refractivity contribution in [1.82, 2.24) is 10.3 Å². The van der Waals surface area contributed by atoms with Crippen molar-refractivity contribution in [2.24, 2.45) is 0 Å². The van der Waals surface area contributed by atoms with Gasteiger partial charge in [0.05, 0.1) is 10.7 Å². The van der Waals surface area contributed by atoms with Crippen molar-refractivity contribution in [3.8, 4) is 0 Å². The first-order valence-corrected chi connectivity index (χ1v) is 9.23. The van der Waals surface area contributed by atoms with Gasteiger partial charge < -0.3 is 10.1 Å². The number of aromatic nitrogens is 1. The number of alkyl carbamates (subject to hydrolysis) is 1. The number of rotatable bonds is 3. The van der Waals surface area contributed by atoms with Crippen LogP contribution in [0.3, 0.4) is 0 Å². The molecule has 2 saturated carbocycles. The molecule has 4 nitrogen and oxygen atoms in total. The van der Waals surface area contributed by atoms with Crippen LogP contribution in [-0.2, 0) is 4.74 Å². The fourth-order valence-corrected chi connectivity index (χ4v) is 4.09. The lowest BCUT2D eigenvalue weighted by Crippen LogP contribution is -2.40. The van der Waals surface area contributed by atoms with E-state index in [-0.39, 0.29) is 12.1 Å². The van der Waals surface area contributed by atoms with E-state index in [0.29, 0.717) is 5.92 Å². The molecule has 0 aromatic carbocycles. The van der Waals surface area contributed by atoms with Gasteiger partial charge in [0, 0.05) is 23.3 Å². The molecule has 1 N–H and O–H groups in total. The number of hydrogen-bond acceptors (Lipinski definition) is 4. The molecule has 5 heteroatoms. The van der Waals surface area contributed by atoms with Gasteiger partial charge in [-0.3, -0.25) is 0 Å². The zero-order valence-corrected chi connectivity index (χ0v) is 14.5. The Kier molecular flexibility index (Phi) is 4.44. The van der Waals surface area contributed by atoms with Crippen LogP contribution in [0.1, 0.15) is 81.8 Å². The third-order valence-corrected chi connectivity index (χ3v) is 5.36. The summed E-state index contributed by atoms with van der Waals surface area (Å²) in [7, 11) is 0. The molecular weight excluding hydrogens is 296 g/mol. The van der Waals surface area contributed by atoms with Crippen molar-refractivity contribution in [2.75, 3.05) is 0 Å². The Labute approximate surface area is 136 Å². The Hall–Kier alpha value is -1.10. The van der Waals surface area contributed by atoms with E-state index in [4.69, 9.17) is 9.72 Å². The third kappa shape index (κ3) is 4.22. The minimum Gasteiger partial charge on any atom is -0.444 e. The summed E-state index contributed by atoms with van der Waals surface area (Å²) >= 11 is 1.82. The summed E-state index contributed by atoms with van der Waals surface area (Å²) in [4.78, 5) is 16.7. The summed E-state index contributed by atoms with van der Waals surface area (Å²) in [5.41, 5.74) is 0.885. The van der Waals surface area contributed by atoms with Crippen molar-refractivity contribution < 1.29 is 9.53 Å². The van der Waals surface area contributed by atoms with E-state index in [2.05, 4.69) is 10.7 Å². The number of nitrogens with zero attached hydrogens (tertiary/aromatic N) is 1. The monoisotopic (exact) mass is 322 g/mol. The molecule has 0 aliphatic heterocycles. The van der Waals surface area contributed by atoms with E-state index < -0.39 is 5.60 Å². The van der Waals surface area contributed by atoms with Gasteiger partial charge in [0.2, 0.25) is 0 Å². The van der Waals surface area contributed by atoms with E-state index in [9.17, 15) is 4.79 Å². The van der Waals surface area contributed by atoms with Gasteiger partial charge >= 0.3 is 6.09 Å². The van der Waals surface area contributed by atoms with E-state index in [1.807, 2.05) is 32.1 Å². The fraction of sp³-hybridized carbons (Fsp3) is 0.765. The van der Waals surface area contributed by atoms with Crippen molar-refractivity contribution in [1.29, 1.82) is 0 Å². The second-order valence-electron chi connectivity index (χ2n) is 7.58. The maximum Gasteiger partial charge on any atom is 0.407 e. The lowest BCUT2D eigenvalue weighted by molar-refractivity contribution is 0.0491. The molecule has 0 bridgehead atoms. The molecule has 0 saturated heterocycles. The Bertz CT molecular complexity index is 523. The number of hydrogen-bond donors (Lipinski definition) is 1. The Morgan fingerprint density at radius 3 is 2.41 bits per heavy atom. The van der Waals surface area contributed by atoms with Gasteiger partial charge in [-0.25, -0.2) is 9.78 Å². The van der Waals surface area contributed by atoms with Crippen LogP contribution < -0.4 is 5.32 Å². The summed E-state index contributed by atoms with van der Waals surface area (Å²) in [5, 5.41) is 6.55. The predicted molar refractivity (Wildman–Crippen MR) is 88.5 cm³/mol. The summed E-state index contributed by atoms with van der Waals surface area (Å²) in [6, 6.07) is 0.244. The molecule has 1 aromatic rings. The van der Waals surface area contributed by atoms with Gasteiger partial charge in [-0.2, -0.15) is 0 Å². The number of thiazole rings is 1. The van der Waals surface area contributed by atoms with Crippen molar-refractivity contribution in [2.45, 2.75) is 82.8 Å². The minimum atomic E-state index is -0.429. The van der Waals surface area contributed by atoms with Crippen LogP contribution in [0.25, 0.3) is 0 Å². The lowest BCUT2D eigenvalue weighted by atomic mass is 9.86. The van der Waals surface area contributed by atoms with Gasteiger partial charge in [-0.15, -0.1) is 11.3 Å². The molecule has 2 fully saturated rings. The molecule has 0 spiro atoms. The number of carbonyl (C=O) groups is 1. The predicted octanol–water partition coefficient (Wildman–Crippen LogP) is 4.57. The third-order valence-electron chi connectivity index (χ3n) is 4.33. The standard InChI is InChI=1S/C17H26N2O2S/c1-17(2,3)21-16(20)18-13-8-6-12(7-9-13)15-19-14(10-22-15)11-4-5-11/h10-13H,4-9H2,1-3H3,(H,18,20). The quantitative estimate of drug-likeness (QED) is 0.886. The summed E-state index contributed by atoms with van der Waals surface area (Å²) in [6.07, 6.45) is 6.59. The van der Waals surface area contributed by atoms with Crippen LogP contribution >= 0.6 is 11.3 Å². The van der Waals surface area contributed by atoms with Crippen LogP contribution in [0.4, 0.5) is 4.79 Å². The van der Waals surface area contributed by atoms with Crippen molar-refractivity contribution in [3.63, 3.8) is 0 Å². The average molecular weight is 322 g/mol. The lowest BCUT2D eigenvalue weighted by Gasteiger charge is -2.29. The maximum atomic E-state index is 11.8. The molecular formula is C17H26N2O2S. The number of nitrogens with one attached hydrogen (secondary N) is 1. The van der Waals surface area contributed by atoms with Gasteiger partial charge in [-0.05, 0) is 59.3 Å². The zero-order valence-electron chi connectivity index (χ0n) is 13.7. The maximum absolute atomic E-state index is 11.8. The first-order valence-electron chi connectivity index (χ1n) is 8.35. The molecule has 2 aliphatic carbocycles. The summed E-state index contributed by atoms with van der Waals surface area (Å²) in [6.45, 7) is 5.68. The number of amides is 1. The SMILES string of the molecule is CC(C)(C)OC(=O)NC1CCC(c2nc(C3CC3)cs2)CC1. The molecule has 0 unspecified atom stereocenters. The first kappa shape index (κ1) is 15.8. The molecule has 2 aliphatic rings. The molecule has 1 heterocycles. The van der Waals surface area contributed by atoms with E-state index >= 15 is 0 Å². The molecule has 3 rings (SSSR count). The van der Waals surface area contributed by atoms with Gasteiger partial charge in [0.25, 0.3) is 0 Å². The van der Waals surface area contributed by atoms with Crippen molar-refractivity contribution >= 4 is 17.4 Å². The first-order chi connectivity index (χ1) is 10.4. The number of ether oxygens (including phenoxy) is 1. The molecule has 1 amide bonds. The van der Waals surface area contributed by atoms with Crippen LogP contribution in [0.15, 0.2) is 5.38 Å². The van der Waals surface area contributed by atoms with Crippen LogP contribution in [0.5, 0.6) is 0 Å². The van der Waals surface area contributed by atoms with Crippen molar-refractivity contribution in [3.05, 3.63) is 16.1 Å². The highest BCUT2D eigenvalue weighted by molar-refractivity contribution is 7.09. The fourth-order valence-electron chi connectivity index (χ4n) is 3.01. The summed E-state index contributed by atoms with van der Waals surface area (Å²) in [5.74, 6) is 1.32. The minimum absolute atomic E-state index is 0.244. The van der Waals surface area contributed by atoms with Gasteiger partial charge in [-0.1, -0.05) is 0 Å². The normalized spacial score (nSPS) is 25.8. The average Bonchev–Trinajstić information content (AvgIpc) is 3.16. The second-order valence-corrected chi connectivity index (χ2v) is 8.47. The van der Waals surface area contributed by atoms with Gasteiger partial charge in [0.1, 0.15) is 5.60 Å². The topological polar surface area (TPSA) is 51.2 Å². The highest BCUT2D eigenvalue weighted by Crippen LogP contribution is 2.42. The van der Waals surface area contributed by atoms with Crippen LogP contribution in [0, 0.1) is 0 Å². The number of carbonyl (C=O) groups excluding carboxylic acids is 1. The van der Waals surface area contributed by atoms with E-state index in [1.165, 1.54) is 23.5 Å². The smallest absolute Gasteiger partial charge is 0.407 e.